The average Bonchev–Trinajstić information content (AvgIpc) is 2.90. The van der Waals surface area contributed by atoms with Gasteiger partial charge in [0.15, 0.2) is 0 Å². The molecule has 2 aromatic carbocycles. The third kappa shape index (κ3) is 2.27. The molecule has 19 heavy (non-hydrogen) atoms. The summed E-state index contributed by atoms with van der Waals surface area (Å²) in [5.41, 5.74) is 3.67. The summed E-state index contributed by atoms with van der Waals surface area (Å²) in [6.45, 7) is 0. The van der Waals surface area contributed by atoms with Gasteiger partial charge in [-0.25, -0.2) is 8.78 Å². The first-order valence-corrected chi connectivity index (χ1v) is 5.93. The summed E-state index contributed by atoms with van der Waals surface area (Å²) in [7, 11) is 0. The van der Waals surface area contributed by atoms with E-state index in [2.05, 4.69) is 4.98 Å². The summed E-state index contributed by atoms with van der Waals surface area (Å²) in [6, 6.07) is 14.5. The van der Waals surface area contributed by atoms with Crippen LogP contribution in [0, 0.1) is 11.6 Å². The van der Waals surface area contributed by atoms with Crippen molar-refractivity contribution in [3.05, 3.63) is 72.4 Å². The molecule has 0 aliphatic rings. The highest BCUT2D eigenvalue weighted by molar-refractivity contribution is 5.81. The first-order valence-electron chi connectivity index (χ1n) is 5.93. The standard InChI is InChI=1S/C16H11F2N/c17-13-5-1-11(2-6-13)15-9-10-19-16(15)12-3-7-14(18)8-4-12/h1-10,19H. The van der Waals surface area contributed by atoms with E-state index in [1.165, 1.54) is 24.3 Å². The Kier molecular flexibility index (Phi) is 2.88. The second-order valence-corrected chi connectivity index (χ2v) is 4.28. The van der Waals surface area contributed by atoms with Crippen LogP contribution in [0.1, 0.15) is 0 Å². The maximum Gasteiger partial charge on any atom is 0.123 e. The van der Waals surface area contributed by atoms with Crippen molar-refractivity contribution in [1.82, 2.24) is 4.98 Å². The summed E-state index contributed by atoms with van der Waals surface area (Å²) >= 11 is 0. The topological polar surface area (TPSA) is 15.8 Å². The van der Waals surface area contributed by atoms with E-state index in [1.54, 1.807) is 24.3 Å². The summed E-state index contributed by atoms with van der Waals surface area (Å²) < 4.78 is 25.9. The fourth-order valence-corrected chi connectivity index (χ4v) is 2.09. The van der Waals surface area contributed by atoms with Gasteiger partial charge in [-0.3, -0.25) is 0 Å². The monoisotopic (exact) mass is 255 g/mol. The fourth-order valence-electron chi connectivity index (χ4n) is 2.09. The molecule has 1 nitrogen and oxygen atoms in total. The first-order chi connectivity index (χ1) is 9.24. The molecule has 0 radical (unpaired) electrons. The van der Waals surface area contributed by atoms with Crippen molar-refractivity contribution >= 4 is 0 Å². The Labute approximate surface area is 109 Å². The highest BCUT2D eigenvalue weighted by Crippen LogP contribution is 2.31. The van der Waals surface area contributed by atoms with Crippen molar-refractivity contribution in [2.24, 2.45) is 0 Å². The molecule has 0 saturated heterocycles. The second-order valence-electron chi connectivity index (χ2n) is 4.28. The Balaban J connectivity index is 2.07. The van der Waals surface area contributed by atoms with Crippen LogP contribution < -0.4 is 0 Å². The molecule has 0 aliphatic heterocycles. The summed E-state index contributed by atoms with van der Waals surface area (Å²) in [5.74, 6) is -0.527. The first kappa shape index (κ1) is 11.7. The van der Waals surface area contributed by atoms with Gasteiger partial charge in [-0.1, -0.05) is 12.1 Å². The minimum absolute atomic E-state index is 0.261. The van der Waals surface area contributed by atoms with Crippen molar-refractivity contribution in [1.29, 1.82) is 0 Å². The van der Waals surface area contributed by atoms with Crippen molar-refractivity contribution in [2.75, 3.05) is 0 Å². The van der Waals surface area contributed by atoms with Gasteiger partial charge in [0, 0.05) is 11.8 Å². The number of hydrogen-bond donors (Lipinski definition) is 1. The maximum atomic E-state index is 12.9. The van der Waals surface area contributed by atoms with Gasteiger partial charge >= 0.3 is 0 Å². The zero-order valence-corrected chi connectivity index (χ0v) is 10.0. The van der Waals surface area contributed by atoms with Crippen molar-refractivity contribution in [3.8, 4) is 22.4 Å². The van der Waals surface area contributed by atoms with E-state index in [0.717, 1.165) is 22.4 Å². The summed E-state index contributed by atoms with van der Waals surface area (Å²) in [4.78, 5) is 3.14. The molecule has 0 aliphatic carbocycles. The molecule has 0 fully saturated rings. The Morgan fingerprint density at radius 2 is 1.16 bits per heavy atom. The van der Waals surface area contributed by atoms with Gasteiger partial charge in [-0.15, -0.1) is 0 Å². The largest absolute Gasteiger partial charge is 0.361 e. The summed E-state index contributed by atoms with van der Waals surface area (Å²) in [6.07, 6.45) is 1.82. The van der Waals surface area contributed by atoms with Crippen LogP contribution in [0.2, 0.25) is 0 Å². The van der Waals surface area contributed by atoms with Crippen molar-refractivity contribution in [2.45, 2.75) is 0 Å². The molecule has 0 atom stereocenters. The van der Waals surface area contributed by atoms with Gasteiger partial charge in [-0.2, -0.15) is 0 Å². The van der Waals surface area contributed by atoms with Crippen LogP contribution >= 0.6 is 0 Å². The molecule has 1 N–H and O–H groups in total. The molecule has 3 heteroatoms. The third-order valence-corrected chi connectivity index (χ3v) is 3.04. The Morgan fingerprint density at radius 1 is 0.632 bits per heavy atom. The van der Waals surface area contributed by atoms with Crippen molar-refractivity contribution < 1.29 is 8.78 Å². The third-order valence-electron chi connectivity index (χ3n) is 3.04. The van der Waals surface area contributed by atoms with E-state index >= 15 is 0 Å². The van der Waals surface area contributed by atoms with Crippen LogP contribution in [0.4, 0.5) is 8.78 Å². The Morgan fingerprint density at radius 3 is 1.74 bits per heavy atom. The minimum atomic E-state index is -0.265. The Hall–Kier alpha value is -2.42. The van der Waals surface area contributed by atoms with Crippen molar-refractivity contribution in [3.63, 3.8) is 0 Å². The molecule has 0 spiro atoms. The van der Waals surface area contributed by atoms with Gasteiger partial charge in [-0.05, 0) is 53.6 Å². The normalized spacial score (nSPS) is 10.6. The van der Waals surface area contributed by atoms with Crippen LogP contribution in [-0.4, -0.2) is 4.98 Å². The average molecular weight is 255 g/mol. The van der Waals surface area contributed by atoms with E-state index in [9.17, 15) is 8.78 Å². The molecule has 0 saturated carbocycles. The lowest BCUT2D eigenvalue weighted by molar-refractivity contribution is 0.627. The van der Waals surface area contributed by atoms with Crippen LogP contribution in [-0.2, 0) is 0 Å². The summed E-state index contributed by atoms with van der Waals surface area (Å²) in [5, 5.41) is 0. The molecule has 1 aromatic heterocycles. The number of nitrogens with one attached hydrogen (secondary N) is 1. The zero-order valence-electron chi connectivity index (χ0n) is 10.0. The molecule has 0 unspecified atom stereocenters. The van der Waals surface area contributed by atoms with E-state index in [1.807, 2.05) is 12.3 Å². The van der Waals surface area contributed by atoms with Gasteiger partial charge in [0.1, 0.15) is 11.6 Å². The van der Waals surface area contributed by atoms with Gasteiger partial charge < -0.3 is 4.98 Å². The van der Waals surface area contributed by atoms with Crippen LogP contribution in [0.15, 0.2) is 60.8 Å². The lowest BCUT2D eigenvalue weighted by atomic mass is 10.0. The van der Waals surface area contributed by atoms with Gasteiger partial charge in [0.05, 0.1) is 5.69 Å². The van der Waals surface area contributed by atoms with Gasteiger partial charge in [0.2, 0.25) is 0 Å². The van der Waals surface area contributed by atoms with E-state index < -0.39 is 0 Å². The predicted octanol–water partition coefficient (Wildman–Crippen LogP) is 4.63. The fraction of sp³-hybridized carbons (Fsp3) is 0. The number of hydrogen-bond acceptors (Lipinski definition) is 0. The predicted molar refractivity (Wildman–Crippen MR) is 71.6 cm³/mol. The molecule has 0 amide bonds. The molecule has 3 aromatic rings. The van der Waals surface area contributed by atoms with Crippen LogP contribution in [0.25, 0.3) is 22.4 Å². The van der Waals surface area contributed by atoms with E-state index in [4.69, 9.17) is 0 Å². The molecule has 94 valence electrons. The SMILES string of the molecule is Fc1ccc(-c2cc[nH]c2-c2ccc(F)cc2)cc1. The number of halogens is 2. The number of aromatic nitrogens is 1. The smallest absolute Gasteiger partial charge is 0.123 e. The quantitative estimate of drug-likeness (QED) is 0.687. The molecule has 1 heterocycles. The highest BCUT2D eigenvalue weighted by atomic mass is 19.1. The molecular formula is C16H11F2N. The van der Waals surface area contributed by atoms with E-state index in [-0.39, 0.29) is 11.6 Å². The van der Waals surface area contributed by atoms with Crippen LogP contribution in [0.3, 0.4) is 0 Å². The zero-order chi connectivity index (χ0) is 13.2. The maximum absolute atomic E-state index is 12.9. The number of benzene rings is 2. The molecular weight excluding hydrogens is 244 g/mol. The van der Waals surface area contributed by atoms with Gasteiger partial charge in [0.25, 0.3) is 0 Å². The number of H-pyrrole nitrogens is 1. The van der Waals surface area contributed by atoms with E-state index in [0.29, 0.717) is 0 Å². The lowest BCUT2D eigenvalue weighted by Gasteiger charge is -2.05. The minimum Gasteiger partial charge on any atom is -0.361 e. The lowest BCUT2D eigenvalue weighted by Crippen LogP contribution is -1.83. The number of rotatable bonds is 2. The second kappa shape index (κ2) is 4.69. The Bertz CT molecular complexity index is 622. The molecule has 0 bridgehead atoms. The molecule has 3 rings (SSSR count). The number of aromatic amines is 1. The highest BCUT2D eigenvalue weighted by Gasteiger charge is 2.08. The van der Waals surface area contributed by atoms with Crippen LogP contribution in [0.5, 0.6) is 0 Å².